The summed E-state index contributed by atoms with van der Waals surface area (Å²) in [6.07, 6.45) is 2.14. The van der Waals surface area contributed by atoms with Gasteiger partial charge in [-0.15, -0.1) is 0 Å². The molecule has 5 heteroatoms. The van der Waals surface area contributed by atoms with Crippen molar-refractivity contribution in [2.24, 2.45) is 0 Å². The van der Waals surface area contributed by atoms with Gasteiger partial charge in [-0.05, 0) is 32.0 Å². The molecule has 1 N–H and O–H groups in total. The van der Waals surface area contributed by atoms with Crippen molar-refractivity contribution >= 4 is 8.32 Å². The van der Waals surface area contributed by atoms with Crippen LogP contribution in [0.1, 0.15) is 34.6 Å². The average molecular weight is 302 g/mol. The smallest absolute Gasteiger partial charge is 0.192 e. The molecule has 1 heterocycles. The molecule has 1 aliphatic heterocycles. The van der Waals surface area contributed by atoms with Crippen molar-refractivity contribution in [3.8, 4) is 0 Å². The molecular formula is C15H30O4Si. The van der Waals surface area contributed by atoms with Crippen LogP contribution in [-0.4, -0.2) is 44.6 Å². The molecule has 0 aliphatic carbocycles. The molecule has 118 valence electrons. The van der Waals surface area contributed by atoms with Gasteiger partial charge in [0.05, 0.1) is 12.7 Å². The minimum absolute atomic E-state index is 0.0168. The van der Waals surface area contributed by atoms with E-state index in [2.05, 4.69) is 33.9 Å². The molecule has 0 aromatic rings. The number of aliphatic hydroxyl groups is 1. The Morgan fingerprint density at radius 2 is 1.85 bits per heavy atom. The predicted octanol–water partition coefficient (Wildman–Crippen LogP) is 3.08. The van der Waals surface area contributed by atoms with Gasteiger partial charge in [0, 0.05) is 0 Å². The molecule has 0 saturated heterocycles. The van der Waals surface area contributed by atoms with Gasteiger partial charge in [-0.1, -0.05) is 32.9 Å². The van der Waals surface area contributed by atoms with Gasteiger partial charge in [0.1, 0.15) is 12.2 Å². The first kappa shape index (κ1) is 17.8. The Balaban J connectivity index is 2.55. The SMILES string of the molecule is CC(C)O[C@@H]1O[C@@H](CO[Si](C)(C)C(C)(C)C)C=C[C@H]1O. The lowest BCUT2D eigenvalue weighted by atomic mass is 10.2. The first-order valence-corrected chi connectivity index (χ1v) is 10.2. The van der Waals surface area contributed by atoms with Crippen LogP contribution in [0.5, 0.6) is 0 Å². The van der Waals surface area contributed by atoms with E-state index >= 15 is 0 Å². The maximum absolute atomic E-state index is 9.82. The van der Waals surface area contributed by atoms with E-state index < -0.39 is 20.7 Å². The van der Waals surface area contributed by atoms with Gasteiger partial charge in [0.15, 0.2) is 14.6 Å². The summed E-state index contributed by atoms with van der Waals surface area (Å²) in [7, 11) is -1.78. The van der Waals surface area contributed by atoms with E-state index in [0.29, 0.717) is 6.61 Å². The Morgan fingerprint density at radius 1 is 1.25 bits per heavy atom. The van der Waals surface area contributed by atoms with Crippen molar-refractivity contribution in [3.05, 3.63) is 12.2 Å². The summed E-state index contributed by atoms with van der Waals surface area (Å²) in [6, 6.07) is 0. The zero-order valence-electron chi connectivity index (χ0n) is 13.8. The topological polar surface area (TPSA) is 47.9 Å². The summed E-state index contributed by atoms with van der Waals surface area (Å²) >= 11 is 0. The quantitative estimate of drug-likeness (QED) is 0.626. The average Bonchev–Trinajstić information content (AvgIpc) is 2.28. The summed E-state index contributed by atoms with van der Waals surface area (Å²) in [5.41, 5.74) is 0. The lowest BCUT2D eigenvalue weighted by Crippen LogP contribution is -2.45. The van der Waals surface area contributed by atoms with Crippen molar-refractivity contribution in [2.75, 3.05) is 6.61 Å². The highest BCUT2D eigenvalue weighted by molar-refractivity contribution is 6.74. The van der Waals surface area contributed by atoms with E-state index in [-0.39, 0.29) is 17.2 Å². The number of hydrogen-bond donors (Lipinski definition) is 1. The Labute approximate surface area is 124 Å². The van der Waals surface area contributed by atoms with Crippen LogP contribution in [0.4, 0.5) is 0 Å². The lowest BCUT2D eigenvalue weighted by Gasteiger charge is -2.38. The molecule has 1 aliphatic rings. The zero-order chi connectivity index (χ0) is 15.6. The van der Waals surface area contributed by atoms with Crippen molar-refractivity contribution in [3.63, 3.8) is 0 Å². The summed E-state index contributed by atoms with van der Waals surface area (Å²) in [4.78, 5) is 0. The van der Waals surface area contributed by atoms with Gasteiger partial charge in [0.25, 0.3) is 0 Å². The summed E-state index contributed by atoms with van der Waals surface area (Å²) in [6.45, 7) is 15.4. The molecule has 1 rings (SSSR count). The van der Waals surface area contributed by atoms with Gasteiger partial charge in [-0.2, -0.15) is 0 Å². The molecule has 0 aromatic heterocycles. The highest BCUT2D eigenvalue weighted by atomic mass is 28.4. The highest BCUT2D eigenvalue weighted by Gasteiger charge is 2.38. The molecule has 0 saturated carbocycles. The van der Waals surface area contributed by atoms with Gasteiger partial charge in [0.2, 0.25) is 0 Å². The molecular weight excluding hydrogens is 272 g/mol. The van der Waals surface area contributed by atoms with Gasteiger partial charge >= 0.3 is 0 Å². The molecule has 4 nitrogen and oxygen atoms in total. The Morgan fingerprint density at radius 3 is 2.35 bits per heavy atom. The predicted molar refractivity (Wildman–Crippen MR) is 83.2 cm³/mol. The second-order valence-electron chi connectivity index (χ2n) is 7.17. The second kappa shape index (κ2) is 6.71. The van der Waals surface area contributed by atoms with Crippen LogP contribution in [0.2, 0.25) is 18.1 Å². The Hall–Kier alpha value is -0.203. The fraction of sp³-hybridized carbons (Fsp3) is 0.867. The summed E-state index contributed by atoms with van der Waals surface area (Å²) in [5.74, 6) is 0. The van der Waals surface area contributed by atoms with E-state index in [1.165, 1.54) is 0 Å². The largest absolute Gasteiger partial charge is 0.414 e. The molecule has 0 fully saturated rings. The van der Waals surface area contributed by atoms with E-state index in [0.717, 1.165) is 0 Å². The fourth-order valence-corrected chi connectivity index (χ4v) is 2.62. The highest BCUT2D eigenvalue weighted by Crippen LogP contribution is 2.36. The van der Waals surface area contributed by atoms with Crippen LogP contribution in [-0.2, 0) is 13.9 Å². The molecule has 0 radical (unpaired) electrons. The first-order chi connectivity index (χ1) is 9.03. The van der Waals surface area contributed by atoms with Crippen LogP contribution in [0.15, 0.2) is 12.2 Å². The minimum atomic E-state index is -1.78. The maximum Gasteiger partial charge on any atom is 0.192 e. The molecule has 0 unspecified atom stereocenters. The molecule has 0 spiro atoms. The van der Waals surface area contributed by atoms with Crippen molar-refractivity contribution in [2.45, 2.75) is 77.4 Å². The molecule has 3 atom stereocenters. The maximum atomic E-state index is 9.82. The van der Waals surface area contributed by atoms with Crippen LogP contribution in [0.3, 0.4) is 0 Å². The van der Waals surface area contributed by atoms with Crippen LogP contribution < -0.4 is 0 Å². The van der Waals surface area contributed by atoms with Gasteiger partial charge < -0.3 is 19.0 Å². The van der Waals surface area contributed by atoms with E-state index in [9.17, 15) is 5.11 Å². The third kappa shape index (κ3) is 4.97. The lowest BCUT2D eigenvalue weighted by molar-refractivity contribution is -0.222. The zero-order valence-corrected chi connectivity index (χ0v) is 14.8. The van der Waals surface area contributed by atoms with E-state index in [4.69, 9.17) is 13.9 Å². The van der Waals surface area contributed by atoms with Gasteiger partial charge in [-0.3, -0.25) is 0 Å². The number of rotatable bonds is 5. The summed E-state index contributed by atoms with van der Waals surface area (Å²) in [5, 5.41) is 10.0. The molecule has 0 aromatic carbocycles. The summed E-state index contributed by atoms with van der Waals surface area (Å²) < 4.78 is 17.5. The van der Waals surface area contributed by atoms with Crippen LogP contribution >= 0.6 is 0 Å². The normalized spacial score (nSPS) is 28.1. The van der Waals surface area contributed by atoms with Crippen LogP contribution in [0.25, 0.3) is 0 Å². The first-order valence-electron chi connectivity index (χ1n) is 7.34. The number of hydrogen-bond acceptors (Lipinski definition) is 4. The third-order valence-electron chi connectivity index (χ3n) is 3.93. The third-order valence-corrected chi connectivity index (χ3v) is 8.43. The van der Waals surface area contributed by atoms with Crippen molar-refractivity contribution in [1.82, 2.24) is 0 Å². The monoisotopic (exact) mass is 302 g/mol. The van der Waals surface area contributed by atoms with E-state index in [1.54, 1.807) is 6.08 Å². The molecule has 20 heavy (non-hydrogen) atoms. The second-order valence-corrected chi connectivity index (χ2v) is 12.0. The number of ether oxygens (including phenoxy) is 2. The standard InChI is InChI=1S/C15H30O4Si/c1-11(2)18-14-13(16)9-8-12(19-14)10-17-20(6,7)15(3,4)5/h8-9,11-14,16H,10H2,1-7H3/t12-,13-,14-/m1/s1. The fourth-order valence-electron chi connectivity index (χ4n) is 1.61. The number of aliphatic hydroxyl groups excluding tert-OH is 1. The van der Waals surface area contributed by atoms with Gasteiger partial charge in [-0.25, -0.2) is 0 Å². The van der Waals surface area contributed by atoms with Crippen molar-refractivity contribution < 1.29 is 19.0 Å². The Kier molecular flexibility index (Phi) is 5.98. The van der Waals surface area contributed by atoms with Crippen LogP contribution in [0, 0.1) is 0 Å². The van der Waals surface area contributed by atoms with E-state index in [1.807, 2.05) is 19.9 Å². The molecule has 0 amide bonds. The molecule has 0 bridgehead atoms. The minimum Gasteiger partial charge on any atom is -0.414 e. The van der Waals surface area contributed by atoms with Crippen molar-refractivity contribution in [1.29, 1.82) is 0 Å². The Bertz CT molecular complexity index is 333.